The van der Waals surface area contributed by atoms with E-state index < -0.39 is 0 Å². The Hall–Kier alpha value is -2.64. The first-order chi connectivity index (χ1) is 16.2. The van der Waals surface area contributed by atoms with Gasteiger partial charge in [0.2, 0.25) is 0 Å². The molecule has 180 valence electrons. The van der Waals surface area contributed by atoms with Gasteiger partial charge in [-0.25, -0.2) is 0 Å². The largest absolute Gasteiger partial charge is 0.488 e. The first-order valence-corrected chi connectivity index (χ1v) is 12.6. The summed E-state index contributed by atoms with van der Waals surface area (Å²) in [6.07, 6.45) is 2.59. The van der Waals surface area contributed by atoms with Crippen molar-refractivity contribution in [2.45, 2.75) is 52.6 Å². The Balaban J connectivity index is 1.65. The first-order valence-electron chi connectivity index (χ1n) is 11.4. The summed E-state index contributed by atoms with van der Waals surface area (Å²) in [4.78, 5) is 26.6. The van der Waals surface area contributed by atoms with Crippen molar-refractivity contribution in [3.8, 4) is 5.75 Å². The highest BCUT2D eigenvalue weighted by Crippen LogP contribution is 2.34. The van der Waals surface area contributed by atoms with Gasteiger partial charge in [0.05, 0.1) is 11.5 Å². The second-order valence-corrected chi connectivity index (χ2v) is 10.7. The zero-order chi connectivity index (χ0) is 24.7. The predicted molar refractivity (Wildman–Crippen MR) is 142 cm³/mol. The smallest absolute Gasteiger partial charge is 0.305 e. The summed E-state index contributed by atoms with van der Waals surface area (Å²) in [6.45, 7) is 9.53. The zero-order valence-electron chi connectivity index (χ0n) is 20.1. The predicted octanol–water partition coefficient (Wildman–Crippen LogP) is 6.11. The summed E-state index contributed by atoms with van der Waals surface area (Å²) in [7, 11) is 0. The van der Waals surface area contributed by atoms with Crippen LogP contribution in [0.4, 0.5) is 0 Å². The third-order valence-corrected chi connectivity index (χ3v) is 6.74. The summed E-state index contributed by atoms with van der Waals surface area (Å²) in [5, 5.41) is 0. The van der Waals surface area contributed by atoms with Crippen LogP contribution in [0, 0.1) is 0 Å². The number of para-hydroxylation sites is 1. The van der Waals surface area contributed by atoms with Crippen LogP contribution in [0.25, 0.3) is 6.08 Å². The van der Waals surface area contributed by atoms with E-state index in [0.717, 1.165) is 11.1 Å². The Labute approximate surface area is 211 Å². The molecule has 0 aromatic heterocycles. The Bertz CT molecular complexity index is 1070. The molecule has 3 rings (SSSR count). The second-order valence-electron chi connectivity index (χ2n) is 9.02. The highest BCUT2D eigenvalue weighted by atomic mass is 32.2. The summed E-state index contributed by atoms with van der Waals surface area (Å²) in [6, 6.07) is 16.1. The van der Waals surface area contributed by atoms with Crippen LogP contribution in [0.15, 0.2) is 53.4 Å². The van der Waals surface area contributed by atoms with Crippen molar-refractivity contribution in [2.75, 3.05) is 13.2 Å². The molecule has 0 N–H and O–H groups in total. The number of hydrogen-bond acceptors (Lipinski definition) is 6. The first kappa shape index (κ1) is 26.0. The van der Waals surface area contributed by atoms with Crippen molar-refractivity contribution in [3.05, 3.63) is 70.1 Å². The maximum Gasteiger partial charge on any atom is 0.305 e. The molecule has 0 unspecified atom stereocenters. The van der Waals surface area contributed by atoms with Crippen LogP contribution < -0.4 is 4.74 Å². The van der Waals surface area contributed by atoms with Crippen molar-refractivity contribution in [1.82, 2.24) is 4.90 Å². The molecule has 7 heteroatoms. The quantitative estimate of drug-likeness (QED) is 0.237. The Morgan fingerprint density at radius 1 is 1.12 bits per heavy atom. The number of ether oxygens (including phenoxy) is 2. The maximum atomic E-state index is 12.9. The lowest BCUT2D eigenvalue weighted by Crippen LogP contribution is -2.29. The van der Waals surface area contributed by atoms with Gasteiger partial charge in [0.1, 0.15) is 16.7 Å². The summed E-state index contributed by atoms with van der Waals surface area (Å²) < 4.78 is 11.5. The molecule has 1 amide bonds. The molecule has 5 nitrogen and oxygen atoms in total. The minimum atomic E-state index is -0.261. The van der Waals surface area contributed by atoms with E-state index in [9.17, 15) is 9.59 Å². The van der Waals surface area contributed by atoms with Crippen LogP contribution in [0.2, 0.25) is 0 Å². The molecule has 1 heterocycles. The monoisotopic (exact) mass is 497 g/mol. The van der Waals surface area contributed by atoms with Crippen molar-refractivity contribution in [3.63, 3.8) is 0 Å². The molecule has 0 aliphatic carbocycles. The van der Waals surface area contributed by atoms with E-state index in [-0.39, 0.29) is 23.7 Å². The van der Waals surface area contributed by atoms with Gasteiger partial charge in [0, 0.05) is 18.5 Å². The van der Waals surface area contributed by atoms with Gasteiger partial charge < -0.3 is 9.47 Å². The molecule has 1 fully saturated rings. The number of carbonyl (C=O) groups excluding carboxylic acids is 2. The van der Waals surface area contributed by atoms with Gasteiger partial charge in [0.25, 0.3) is 5.91 Å². The number of thiocarbonyl (C=S) groups is 1. The van der Waals surface area contributed by atoms with E-state index in [4.69, 9.17) is 21.7 Å². The van der Waals surface area contributed by atoms with E-state index in [2.05, 4.69) is 45.0 Å². The minimum Gasteiger partial charge on any atom is -0.488 e. The molecule has 34 heavy (non-hydrogen) atoms. The number of hydrogen-bond donors (Lipinski definition) is 0. The van der Waals surface area contributed by atoms with E-state index >= 15 is 0 Å². The van der Waals surface area contributed by atoms with Crippen molar-refractivity contribution < 1.29 is 19.1 Å². The molecule has 2 aromatic rings. The standard InChI is InChI=1S/C27H31NO4S2/c1-5-31-24(29)11-8-16-28-25(30)23(34-26(28)33)17-20-9-6-7-10-22(20)32-18-19-12-14-21(15-13-19)27(2,3)4/h6-7,9-10,12-15,17H,5,8,11,16,18H2,1-4H3/b23-17+. The molecule has 0 radical (unpaired) electrons. The van der Waals surface area contributed by atoms with Gasteiger partial charge in [0.15, 0.2) is 0 Å². The lowest BCUT2D eigenvalue weighted by molar-refractivity contribution is -0.143. The number of rotatable bonds is 9. The number of amides is 1. The topological polar surface area (TPSA) is 55.8 Å². The average molecular weight is 498 g/mol. The van der Waals surface area contributed by atoms with E-state index in [0.29, 0.717) is 41.2 Å². The Morgan fingerprint density at radius 3 is 2.50 bits per heavy atom. The van der Waals surface area contributed by atoms with Gasteiger partial charge in [-0.1, -0.05) is 87.2 Å². The van der Waals surface area contributed by atoms with Crippen molar-refractivity contribution in [1.29, 1.82) is 0 Å². The molecule has 1 aliphatic heterocycles. The van der Waals surface area contributed by atoms with Gasteiger partial charge in [-0.15, -0.1) is 0 Å². The van der Waals surface area contributed by atoms with E-state index in [1.807, 2.05) is 30.3 Å². The maximum absolute atomic E-state index is 12.9. The number of esters is 1. The lowest BCUT2D eigenvalue weighted by atomic mass is 9.87. The number of thioether (sulfide) groups is 1. The van der Waals surface area contributed by atoms with Gasteiger partial charge in [-0.2, -0.15) is 0 Å². The highest BCUT2D eigenvalue weighted by molar-refractivity contribution is 8.26. The molecule has 0 bridgehead atoms. The van der Waals surface area contributed by atoms with Gasteiger partial charge >= 0.3 is 5.97 Å². The van der Waals surface area contributed by atoms with Crippen LogP contribution in [0.1, 0.15) is 57.2 Å². The number of benzene rings is 2. The Morgan fingerprint density at radius 2 is 1.82 bits per heavy atom. The third kappa shape index (κ3) is 6.93. The zero-order valence-corrected chi connectivity index (χ0v) is 21.8. The molecule has 1 aliphatic rings. The van der Waals surface area contributed by atoms with Crippen molar-refractivity contribution >= 4 is 46.3 Å². The summed E-state index contributed by atoms with van der Waals surface area (Å²) in [5.74, 6) is 0.295. The van der Waals surface area contributed by atoms with Crippen LogP contribution in [-0.4, -0.2) is 34.2 Å². The molecular formula is C27H31NO4S2. The van der Waals surface area contributed by atoms with E-state index in [1.165, 1.54) is 17.3 Å². The molecular weight excluding hydrogens is 466 g/mol. The highest BCUT2D eigenvalue weighted by Gasteiger charge is 2.32. The van der Waals surface area contributed by atoms with Crippen molar-refractivity contribution in [2.24, 2.45) is 0 Å². The fourth-order valence-corrected chi connectivity index (χ4v) is 4.74. The average Bonchev–Trinajstić information content (AvgIpc) is 3.06. The molecule has 1 saturated heterocycles. The third-order valence-electron chi connectivity index (χ3n) is 5.36. The minimum absolute atomic E-state index is 0.108. The fraction of sp³-hybridized carbons (Fsp3) is 0.370. The van der Waals surface area contributed by atoms with E-state index in [1.54, 1.807) is 11.8 Å². The second kappa shape index (κ2) is 11.7. The van der Waals surface area contributed by atoms with Crippen LogP contribution >= 0.6 is 24.0 Å². The van der Waals surface area contributed by atoms with Crippen LogP contribution in [-0.2, 0) is 26.3 Å². The lowest BCUT2D eigenvalue weighted by Gasteiger charge is -2.19. The summed E-state index contributed by atoms with van der Waals surface area (Å²) >= 11 is 6.68. The number of carbonyl (C=O) groups is 2. The molecule has 0 saturated carbocycles. The van der Waals surface area contributed by atoms with Crippen LogP contribution in [0.5, 0.6) is 5.75 Å². The SMILES string of the molecule is CCOC(=O)CCCN1C(=O)/C(=C\c2ccccc2OCc2ccc(C(C)(C)C)cc2)SC1=S. The molecule has 0 spiro atoms. The normalized spacial score (nSPS) is 15.2. The summed E-state index contributed by atoms with van der Waals surface area (Å²) in [5.41, 5.74) is 3.29. The fourth-order valence-electron chi connectivity index (χ4n) is 3.44. The molecule has 2 aromatic carbocycles. The van der Waals surface area contributed by atoms with Gasteiger partial charge in [-0.3, -0.25) is 14.5 Å². The number of nitrogens with zero attached hydrogens (tertiary/aromatic N) is 1. The van der Waals surface area contributed by atoms with Gasteiger partial charge in [-0.05, 0) is 42.0 Å². The Kier molecular flexibility index (Phi) is 8.91. The van der Waals surface area contributed by atoms with Crippen LogP contribution in [0.3, 0.4) is 0 Å². The molecule has 0 atom stereocenters.